The topological polar surface area (TPSA) is 9.23 Å². The van der Waals surface area contributed by atoms with Crippen LogP contribution in [0.2, 0.25) is 0 Å². The summed E-state index contributed by atoms with van der Waals surface area (Å²) in [6, 6.07) is 0. The minimum atomic E-state index is 0.646. The molecule has 1 heteroatoms. The molecule has 8 saturated carbocycles. The zero-order valence-corrected chi connectivity index (χ0v) is 29.4. The normalized spacial score (nSPS) is 51.5. The molecule has 1 aliphatic heterocycles. The van der Waals surface area contributed by atoms with Gasteiger partial charge in [-0.25, -0.2) is 0 Å². The maximum absolute atomic E-state index is 7.09. The summed E-state index contributed by atoms with van der Waals surface area (Å²) in [5.74, 6) is 14.8. The average molecular weight is 617 g/mol. The summed E-state index contributed by atoms with van der Waals surface area (Å²) in [7, 11) is 0. The van der Waals surface area contributed by atoms with Crippen LogP contribution >= 0.6 is 0 Å². The van der Waals surface area contributed by atoms with Crippen LogP contribution in [-0.2, 0) is 4.74 Å². The summed E-state index contributed by atoms with van der Waals surface area (Å²) in [6.45, 7) is 0. The predicted molar refractivity (Wildman–Crippen MR) is 187 cm³/mol. The molecule has 1 nitrogen and oxygen atoms in total. The molecule has 9 aliphatic rings. The van der Waals surface area contributed by atoms with Crippen molar-refractivity contribution in [2.75, 3.05) is 0 Å². The van der Waals surface area contributed by atoms with Crippen molar-refractivity contribution in [3.8, 4) is 0 Å². The van der Waals surface area contributed by atoms with Crippen molar-refractivity contribution in [2.45, 2.75) is 192 Å². The first kappa shape index (κ1) is 31.0. The first-order chi connectivity index (χ1) is 22.3. The molecule has 0 N–H and O–H groups in total. The van der Waals surface area contributed by atoms with Gasteiger partial charge in [-0.05, 0) is 147 Å². The first-order valence-corrected chi connectivity index (χ1v) is 22.0. The van der Waals surface area contributed by atoms with E-state index in [4.69, 9.17) is 4.74 Å². The van der Waals surface area contributed by atoms with Crippen molar-refractivity contribution in [1.82, 2.24) is 0 Å². The quantitative estimate of drug-likeness (QED) is 0.305. The van der Waals surface area contributed by atoms with Gasteiger partial charge >= 0.3 is 0 Å². The molecule has 0 aromatic rings. The zero-order valence-electron chi connectivity index (χ0n) is 29.4. The van der Waals surface area contributed by atoms with E-state index in [1.807, 2.05) is 0 Å². The summed E-state index contributed by atoms with van der Waals surface area (Å²) < 4.78 is 7.09. The molecule has 0 bridgehead atoms. The third-order valence-corrected chi connectivity index (χ3v) is 17.8. The lowest BCUT2D eigenvalue weighted by atomic mass is 9.44. The van der Waals surface area contributed by atoms with E-state index >= 15 is 0 Å². The van der Waals surface area contributed by atoms with Crippen molar-refractivity contribution in [1.29, 1.82) is 0 Å². The molecule has 1 heterocycles. The molecule has 0 aromatic carbocycles. The maximum Gasteiger partial charge on any atom is 0.0641 e. The maximum atomic E-state index is 7.09. The Balaban J connectivity index is 0.948. The molecule has 0 amide bonds. The molecule has 9 fully saturated rings. The molecule has 45 heavy (non-hydrogen) atoms. The Morgan fingerprint density at radius 1 is 0.267 bits per heavy atom. The highest BCUT2D eigenvalue weighted by Crippen LogP contribution is 2.64. The molecular weight excluding hydrogens is 544 g/mol. The molecular formula is C44H72O. The first-order valence-electron chi connectivity index (χ1n) is 22.0. The standard InChI is InChI=1S/C44H72O/c1-3-13-29(14-4-1)42-36-20-7-8-21-37(36)43(30-15-5-2-6-16-30)40-28-32(25-26-38(40)42)31-17-11-18-33(27-31)34-22-12-23-39-35-19-9-10-24-41(35)45-44(34)39/h29-44H,1-28H2. The van der Waals surface area contributed by atoms with E-state index in [9.17, 15) is 0 Å². The lowest BCUT2D eigenvalue weighted by Gasteiger charge is -2.61. The summed E-state index contributed by atoms with van der Waals surface area (Å²) in [5.41, 5.74) is 0. The van der Waals surface area contributed by atoms with Crippen LogP contribution in [-0.4, -0.2) is 12.2 Å². The second kappa shape index (κ2) is 13.7. The molecule has 9 rings (SSSR count). The average Bonchev–Trinajstić information content (AvgIpc) is 3.50. The van der Waals surface area contributed by atoms with Crippen LogP contribution in [0.25, 0.3) is 0 Å². The zero-order chi connectivity index (χ0) is 29.7. The Morgan fingerprint density at radius 3 is 1.49 bits per heavy atom. The third-order valence-electron chi connectivity index (χ3n) is 17.8. The Morgan fingerprint density at radius 2 is 0.756 bits per heavy atom. The van der Waals surface area contributed by atoms with Crippen LogP contribution in [0.5, 0.6) is 0 Å². The second-order valence-electron chi connectivity index (χ2n) is 19.5. The van der Waals surface area contributed by atoms with Gasteiger partial charge in [-0.2, -0.15) is 0 Å². The van der Waals surface area contributed by atoms with Gasteiger partial charge in [0.05, 0.1) is 12.2 Å². The van der Waals surface area contributed by atoms with Crippen molar-refractivity contribution in [3.63, 3.8) is 0 Å². The summed E-state index contributed by atoms with van der Waals surface area (Å²) in [4.78, 5) is 0. The van der Waals surface area contributed by atoms with Crippen LogP contribution < -0.4 is 0 Å². The smallest absolute Gasteiger partial charge is 0.0641 e. The van der Waals surface area contributed by atoms with E-state index in [2.05, 4.69) is 0 Å². The number of hydrogen-bond acceptors (Lipinski definition) is 1. The Bertz CT molecular complexity index is 960. The van der Waals surface area contributed by atoms with E-state index in [1.165, 1.54) is 57.8 Å². The van der Waals surface area contributed by atoms with E-state index in [-0.39, 0.29) is 0 Å². The third kappa shape index (κ3) is 5.86. The molecule has 8 aliphatic carbocycles. The van der Waals surface area contributed by atoms with Gasteiger partial charge in [-0.1, -0.05) is 116 Å². The van der Waals surface area contributed by atoms with Crippen LogP contribution in [0.15, 0.2) is 0 Å². The lowest BCUT2D eigenvalue weighted by molar-refractivity contribution is -0.125. The van der Waals surface area contributed by atoms with Crippen molar-refractivity contribution in [3.05, 3.63) is 0 Å². The second-order valence-corrected chi connectivity index (χ2v) is 19.5. The fourth-order valence-electron chi connectivity index (χ4n) is 16.3. The minimum absolute atomic E-state index is 0.646. The Labute approximate surface area is 278 Å². The number of rotatable bonds is 4. The van der Waals surface area contributed by atoms with Crippen LogP contribution in [0.3, 0.4) is 0 Å². The van der Waals surface area contributed by atoms with Gasteiger partial charge in [0, 0.05) is 0 Å². The van der Waals surface area contributed by atoms with E-state index in [0.717, 1.165) is 82.9 Å². The molecule has 254 valence electrons. The van der Waals surface area contributed by atoms with Gasteiger partial charge in [0.25, 0.3) is 0 Å². The van der Waals surface area contributed by atoms with Crippen molar-refractivity contribution >= 4 is 0 Å². The molecule has 0 aromatic heterocycles. The van der Waals surface area contributed by atoms with Gasteiger partial charge in [-0.3, -0.25) is 0 Å². The van der Waals surface area contributed by atoms with Crippen LogP contribution in [0.1, 0.15) is 180 Å². The molecule has 0 spiro atoms. The van der Waals surface area contributed by atoms with E-state index in [0.29, 0.717) is 12.2 Å². The van der Waals surface area contributed by atoms with Gasteiger partial charge in [0.15, 0.2) is 0 Å². The van der Waals surface area contributed by atoms with Crippen molar-refractivity contribution < 1.29 is 4.74 Å². The summed E-state index contributed by atoms with van der Waals surface area (Å²) >= 11 is 0. The monoisotopic (exact) mass is 617 g/mol. The number of hydrogen-bond donors (Lipinski definition) is 0. The van der Waals surface area contributed by atoms with Gasteiger partial charge in [-0.15, -0.1) is 0 Å². The van der Waals surface area contributed by atoms with Gasteiger partial charge in [0.2, 0.25) is 0 Å². The fourth-order valence-corrected chi connectivity index (χ4v) is 16.3. The van der Waals surface area contributed by atoms with Crippen LogP contribution in [0.4, 0.5) is 0 Å². The molecule has 14 unspecified atom stereocenters. The predicted octanol–water partition coefficient (Wildman–Crippen LogP) is 12.4. The lowest BCUT2D eigenvalue weighted by Crippen LogP contribution is -2.54. The Hall–Kier alpha value is -0.0400. The fraction of sp³-hybridized carbons (Fsp3) is 1.00. The highest BCUT2D eigenvalue weighted by Gasteiger charge is 2.57. The number of fused-ring (bicyclic) bond motifs is 5. The highest BCUT2D eigenvalue weighted by molar-refractivity contribution is 5.05. The SMILES string of the molecule is C1CCC(C2C3CCCCC3C(C3CCCCC3)C3CC(C4CCCC(C5CCCC6C7CCCCC7OC56)C4)CCC32)CC1. The van der Waals surface area contributed by atoms with E-state index in [1.54, 1.807) is 122 Å². The van der Waals surface area contributed by atoms with Crippen molar-refractivity contribution in [2.24, 2.45) is 82.9 Å². The molecule has 14 atom stereocenters. The Kier molecular flexibility index (Phi) is 9.43. The van der Waals surface area contributed by atoms with Gasteiger partial charge < -0.3 is 4.74 Å². The number of ether oxygens (including phenoxy) is 1. The highest BCUT2D eigenvalue weighted by atomic mass is 16.5. The van der Waals surface area contributed by atoms with Crippen LogP contribution in [0, 0.1) is 82.9 Å². The summed E-state index contributed by atoms with van der Waals surface area (Å²) in [6.07, 6.45) is 44.9. The largest absolute Gasteiger partial charge is 0.374 e. The van der Waals surface area contributed by atoms with Gasteiger partial charge in [0.1, 0.15) is 0 Å². The summed E-state index contributed by atoms with van der Waals surface area (Å²) in [5, 5.41) is 0. The minimum Gasteiger partial charge on any atom is -0.374 e. The molecule has 1 saturated heterocycles. The van der Waals surface area contributed by atoms with E-state index < -0.39 is 0 Å². The molecule has 0 radical (unpaired) electrons.